The number of aromatic amines is 1. The minimum Gasteiger partial charge on any atom is -0.334 e. The maximum atomic E-state index is 12.4. The lowest BCUT2D eigenvalue weighted by molar-refractivity contribution is 0.497. The van der Waals surface area contributed by atoms with Crippen LogP contribution in [0, 0.1) is 0 Å². The number of hydrogen-bond acceptors (Lipinski definition) is 4. The van der Waals surface area contributed by atoms with Crippen LogP contribution in [-0.2, 0) is 16.4 Å². The highest BCUT2D eigenvalue weighted by molar-refractivity contribution is 7.89. The molecule has 0 fully saturated rings. The average molecular weight is 309 g/mol. The summed E-state index contributed by atoms with van der Waals surface area (Å²) >= 11 is 0. The molecular formula is C13H19N5O2S. The van der Waals surface area contributed by atoms with Crippen molar-refractivity contribution >= 4 is 10.0 Å². The lowest BCUT2D eigenvalue weighted by Gasteiger charge is -2.22. The highest BCUT2D eigenvalue weighted by atomic mass is 32.2. The van der Waals surface area contributed by atoms with Crippen LogP contribution in [-0.4, -0.2) is 28.2 Å². The van der Waals surface area contributed by atoms with Crippen molar-refractivity contribution in [3.05, 3.63) is 30.0 Å². The van der Waals surface area contributed by atoms with Crippen LogP contribution in [0.1, 0.15) is 50.0 Å². The number of aryl methyl sites for hydroxylation is 1. The molecule has 0 saturated carbocycles. The second-order valence-corrected chi connectivity index (χ2v) is 7.29. The largest absolute Gasteiger partial charge is 0.334 e. The fourth-order valence-electron chi connectivity index (χ4n) is 2.57. The number of hydrogen-bond donors (Lipinski definition) is 2. The highest BCUT2D eigenvalue weighted by Crippen LogP contribution is 2.28. The van der Waals surface area contributed by atoms with E-state index in [0.717, 1.165) is 30.5 Å². The summed E-state index contributed by atoms with van der Waals surface area (Å²) in [4.78, 5) is 4.00. The first kappa shape index (κ1) is 14.3. The molecule has 7 nitrogen and oxygen atoms in total. The van der Waals surface area contributed by atoms with Gasteiger partial charge in [0.1, 0.15) is 0 Å². The Morgan fingerprint density at radius 3 is 3.00 bits per heavy atom. The SMILES string of the molecule is CC(C)n1cnc(S(=O)(=O)N[C@H]2CCCc3cn[nH]c32)c1. The Morgan fingerprint density at radius 2 is 2.29 bits per heavy atom. The van der Waals surface area contributed by atoms with Gasteiger partial charge in [-0.25, -0.2) is 18.1 Å². The Kier molecular flexibility index (Phi) is 3.58. The van der Waals surface area contributed by atoms with Crippen LogP contribution < -0.4 is 4.72 Å². The summed E-state index contributed by atoms with van der Waals surface area (Å²) in [6, 6.07) is -0.0826. The Balaban J connectivity index is 1.84. The van der Waals surface area contributed by atoms with Crippen LogP contribution in [0.3, 0.4) is 0 Å². The van der Waals surface area contributed by atoms with E-state index in [1.807, 2.05) is 13.8 Å². The van der Waals surface area contributed by atoms with Crippen molar-refractivity contribution < 1.29 is 8.42 Å². The van der Waals surface area contributed by atoms with E-state index in [-0.39, 0.29) is 17.1 Å². The average Bonchev–Trinajstić information content (AvgIpc) is 3.08. The van der Waals surface area contributed by atoms with Gasteiger partial charge in [0.15, 0.2) is 5.03 Å². The molecule has 0 unspecified atom stereocenters. The molecule has 0 radical (unpaired) electrons. The number of fused-ring (bicyclic) bond motifs is 1. The first-order valence-corrected chi connectivity index (χ1v) is 8.53. The third kappa shape index (κ3) is 2.73. The number of rotatable bonds is 4. The topological polar surface area (TPSA) is 92.7 Å². The van der Waals surface area contributed by atoms with E-state index in [2.05, 4.69) is 19.9 Å². The van der Waals surface area contributed by atoms with Crippen molar-refractivity contribution in [1.29, 1.82) is 0 Å². The van der Waals surface area contributed by atoms with Gasteiger partial charge in [0.2, 0.25) is 0 Å². The third-order valence-corrected chi connectivity index (χ3v) is 5.14. The van der Waals surface area contributed by atoms with Crippen LogP contribution in [0.25, 0.3) is 0 Å². The molecule has 2 N–H and O–H groups in total. The van der Waals surface area contributed by atoms with E-state index in [1.54, 1.807) is 23.3 Å². The Hall–Kier alpha value is -1.67. The number of nitrogens with zero attached hydrogens (tertiary/aromatic N) is 3. The molecule has 1 aliphatic rings. The Morgan fingerprint density at radius 1 is 1.48 bits per heavy atom. The fourth-order valence-corrected chi connectivity index (χ4v) is 3.74. The molecule has 2 aromatic heterocycles. The molecule has 0 aliphatic heterocycles. The van der Waals surface area contributed by atoms with Crippen LogP contribution >= 0.6 is 0 Å². The Labute approximate surface area is 123 Å². The fraction of sp³-hybridized carbons (Fsp3) is 0.538. The second-order valence-electron chi connectivity index (χ2n) is 5.63. The van der Waals surface area contributed by atoms with Gasteiger partial charge < -0.3 is 4.57 Å². The summed E-state index contributed by atoms with van der Waals surface area (Å²) in [5.74, 6) is 0. The van der Waals surface area contributed by atoms with Gasteiger partial charge in [0, 0.05) is 12.2 Å². The van der Waals surface area contributed by atoms with E-state index in [1.165, 1.54) is 0 Å². The molecular weight excluding hydrogens is 290 g/mol. The Bertz CT molecular complexity index is 731. The molecule has 0 aromatic carbocycles. The van der Waals surface area contributed by atoms with Gasteiger partial charge >= 0.3 is 0 Å². The normalized spacial score (nSPS) is 18.9. The first-order valence-electron chi connectivity index (χ1n) is 7.05. The minimum atomic E-state index is -3.62. The lowest BCUT2D eigenvalue weighted by atomic mass is 9.94. The van der Waals surface area contributed by atoms with Crippen molar-refractivity contribution in [2.45, 2.75) is 50.2 Å². The number of H-pyrrole nitrogens is 1. The maximum Gasteiger partial charge on any atom is 0.260 e. The van der Waals surface area contributed by atoms with E-state index >= 15 is 0 Å². The van der Waals surface area contributed by atoms with Gasteiger partial charge in [-0.3, -0.25) is 5.10 Å². The lowest BCUT2D eigenvalue weighted by Crippen LogP contribution is -2.31. The summed E-state index contributed by atoms with van der Waals surface area (Å²) in [6.07, 6.45) is 7.51. The molecule has 8 heteroatoms. The van der Waals surface area contributed by atoms with Crippen LogP contribution in [0.2, 0.25) is 0 Å². The maximum absolute atomic E-state index is 12.4. The molecule has 1 aliphatic carbocycles. The standard InChI is InChI=1S/C13H19N5O2S/c1-9(2)18-7-12(14-8-18)21(19,20)17-11-5-3-4-10-6-15-16-13(10)11/h6-9,11,17H,3-5H2,1-2H3,(H,15,16)/t11-/m0/s1. The quantitative estimate of drug-likeness (QED) is 0.896. The molecule has 0 amide bonds. The van der Waals surface area contributed by atoms with Gasteiger partial charge in [-0.05, 0) is 38.7 Å². The molecule has 0 saturated heterocycles. The van der Waals surface area contributed by atoms with Crippen LogP contribution in [0.15, 0.2) is 23.7 Å². The zero-order valence-corrected chi connectivity index (χ0v) is 12.9. The summed E-state index contributed by atoms with van der Waals surface area (Å²) in [5.41, 5.74) is 1.95. The molecule has 0 spiro atoms. The van der Waals surface area contributed by atoms with E-state index in [4.69, 9.17) is 0 Å². The summed E-state index contributed by atoms with van der Waals surface area (Å²) in [5, 5.41) is 6.97. The highest BCUT2D eigenvalue weighted by Gasteiger charge is 2.28. The molecule has 0 bridgehead atoms. The zero-order chi connectivity index (χ0) is 15.0. The van der Waals surface area contributed by atoms with Gasteiger partial charge in [0.25, 0.3) is 10.0 Å². The molecule has 1 atom stereocenters. The van der Waals surface area contributed by atoms with E-state index in [0.29, 0.717) is 0 Å². The molecule has 114 valence electrons. The summed E-state index contributed by atoms with van der Waals surface area (Å²) in [6.45, 7) is 3.95. The summed E-state index contributed by atoms with van der Waals surface area (Å²) in [7, 11) is -3.62. The second kappa shape index (κ2) is 5.27. The van der Waals surface area contributed by atoms with Gasteiger partial charge in [-0.1, -0.05) is 0 Å². The van der Waals surface area contributed by atoms with Crippen LogP contribution in [0.4, 0.5) is 0 Å². The van der Waals surface area contributed by atoms with Gasteiger partial charge in [-0.2, -0.15) is 5.10 Å². The van der Waals surface area contributed by atoms with Gasteiger partial charge in [-0.15, -0.1) is 0 Å². The van der Waals surface area contributed by atoms with Crippen molar-refractivity contribution in [2.24, 2.45) is 0 Å². The van der Waals surface area contributed by atoms with Crippen LogP contribution in [0.5, 0.6) is 0 Å². The molecule has 3 rings (SSSR count). The zero-order valence-electron chi connectivity index (χ0n) is 12.1. The van der Waals surface area contributed by atoms with Crippen molar-refractivity contribution in [2.75, 3.05) is 0 Å². The van der Waals surface area contributed by atoms with Crippen molar-refractivity contribution in [1.82, 2.24) is 24.5 Å². The number of aromatic nitrogens is 4. The predicted octanol–water partition coefficient (Wildman–Crippen LogP) is 1.54. The molecule has 2 aromatic rings. The molecule has 21 heavy (non-hydrogen) atoms. The molecule has 2 heterocycles. The van der Waals surface area contributed by atoms with E-state index < -0.39 is 10.0 Å². The number of imidazole rings is 1. The monoisotopic (exact) mass is 309 g/mol. The minimum absolute atomic E-state index is 0.0582. The number of sulfonamides is 1. The van der Waals surface area contributed by atoms with E-state index in [9.17, 15) is 8.42 Å². The number of nitrogens with one attached hydrogen (secondary N) is 2. The first-order chi connectivity index (χ1) is 9.97. The predicted molar refractivity (Wildman–Crippen MR) is 77.2 cm³/mol. The van der Waals surface area contributed by atoms with Crippen molar-refractivity contribution in [3.8, 4) is 0 Å². The van der Waals surface area contributed by atoms with Crippen molar-refractivity contribution in [3.63, 3.8) is 0 Å². The summed E-state index contributed by atoms with van der Waals surface area (Å²) < 4.78 is 29.4. The van der Waals surface area contributed by atoms with Gasteiger partial charge in [0.05, 0.1) is 24.3 Å². The smallest absolute Gasteiger partial charge is 0.260 e. The third-order valence-electron chi connectivity index (χ3n) is 3.79.